The number of allylic oxidation sites excluding steroid dienone is 2. The lowest BCUT2D eigenvalue weighted by Crippen LogP contribution is -2.31. The first-order valence-electron chi connectivity index (χ1n) is 10.6. The number of hydrogen-bond donors (Lipinski definition) is 1. The summed E-state index contributed by atoms with van der Waals surface area (Å²) in [6, 6.07) is 11.1. The summed E-state index contributed by atoms with van der Waals surface area (Å²) in [5.41, 5.74) is 1.87. The smallest absolute Gasteiger partial charge is 0.338 e. The third-order valence-corrected chi connectivity index (χ3v) is 6.52. The van der Waals surface area contributed by atoms with Gasteiger partial charge in [0, 0.05) is 10.7 Å². The number of esters is 1. The van der Waals surface area contributed by atoms with Crippen molar-refractivity contribution in [3.63, 3.8) is 0 Å². The van der Waals surface area contributed by atoms with Crippen LogP contribution in [0.3, 0.4) is 0 Å². The van der Waals surface area contributed by atoms with Crippen LogP contribution in [0.4, 0.5) is 11.4 Å². The second-order valence-electron chi connectivity index (χ2n) is 8.25. The minimum atomic E-state index is -0.690. The number of benzene rings is 2. The standard InChI is InChI=1S/C25H23ClN2O5/c1-14-5-3-6-18-22(14)24(31)28(23(18)30)17-11-9-16(10-12-17)25(32)33-13-21(29)27-20-8-4-7-19(26)15(20)2/h3-5,7-12,14,18,22H,6,13H2,1-2H3,(H,27,29)/t14-,18+,22-/m0/s1. The van der Waals surface area contributed by atoms with Gasteiger partial charge in [0.15, 0.2) is 6.61 Å². The topological polar surface area (TPSA) is 92.8 Å². The highest BCUT2D eigenvalue weighted by Gasteiger charge is 2.50. The van der Waals surface area contributed by atoms with Gasteiger partial charge in [0.05, 0.1) is 23.1 Å². The van der Waals surface area contributed by atoms with E-state index in [0.29, 0.717) is 28.4 Å². The SMILES string of the molecule is Cc1c(Cl)cccc1NC(=O)COC(=O)c1ccc(N2C(=O)[C@H]3[C@@H](C)C=CC[C@H]3C2=O)cc1. The lowest BCUT2D eigenvalue weighted by molar-refractivity contribution is -0.123. The van der Waals surface area contributed by atoms with Crippen molar-refractivity contribution in [1.82, 2.24) is 0 Å². The third kappa shape index (κ3) is 4.41. The largest absolute Gasteiger partial charge is 0.452 e. The molecule has 0 radical (unpaired) electrons. The summed E-state index contributed by atoms with van der Waals surface area (Å²) < 4.78 is 5.09. The molecule has 33 heavy (non-hydrogen) atoms. The minimum Gasteiger partial charge on any atom is -0.452 e. The molecule has 3 amide bonds. The molecule has 0 aromatic heterocycles. The summed E-state index contributed by atoms with van der Waals surface area (Å²) in [5, 5.41) is 3.17. The molecule has 1 N–H and O–H groups in total. The Morgan fingerprint density at radius 1 is 1.12 bits per heavy atom. The van der Waals surface area contributed by atoms with E-state index in [1.54, 1.807) is 25.1 Å². The van der Waals surface area contributed by atoms with E-state index in [2.05, 4.69) is 5.32 Å². The number of carbonyl (C=O) groups is 4. The van der Waals surface area contributed by atoms with Gasteiger partial charge in [0.1, 0.15) is 0 Å². The average molecular weight is 467 g/mol. The summed E-state index contributed by atoms with van der Waals surface area (Å²) in [6.45, 7) is 3.24. The Bertz CT molecular complexity index is 1160. The van der Waals surface area contributed by atoms with Crippen molar-refractivity contribution in [1.29, 1.82) is 0 Å². The summed E-state index contributed by atoms with van der Waals surface area (Å²) in [6.07, 6.45) is 4.47. The number of anilines is 2. The number of ether oxygens (including phenoxy) is 1. The molecule has 2 aromatic rings. The molecule has 3 atom stereocenters. The number of nitrogens with one attached hydrogen (secondary N) is 1. The maximum atomic E-state index is 12.9. The van der Waals surface area contributed by atoms with E-state index >= 15 is 0 Å². The fourth-order valence-electron chi connectivity index (χ4n) is 4.29. The van der Waals surface area contributed by atoms with Crippen LogP contribution in [-0.2, 0) is 19.1 Å². The molecular weight excluding hydrogens is 444 g/mol. The number of amides is 3. The molecule has 8 heteroatoms. The number of nitrogens with zero attached hydrogens (tertiary/aromatic N) is 1. The van der Waals surface area contributed by atoms with Gasteiger partial charge in [0.25, 0.3) is 5.91 Å². The van der Waals surface area contributed by atoms with Crippen LogP contribution in [0.2, 0.25) is 5.02 Å². The van der Waals surface area contributed by atoms with Crippen molar-refractivity contribution < 1.29 is 23.9 Å². The number of halogens is 1. The van der Waals surface area contributed by atoms with Gasteiger partial charge in [-0.15, -0.1) is 0 Å². The van der Waals surface area contributed by atoms with Crippen LogP contribution in [0.15, 0.2) is 54.6 Å². The first kappa shape index (κ1) is 22.7. The van der Waals surface area contributed by atoms with Crippen LogP contribution in [0.25, 0.3) is 0 Å². The number of fused-ring (bicyclic) bond motifs is 1. The zero-order valence-electron chi connectivity index (χ0n) is 18.2. The Morgan fingerprint density at radius 3 is 2.55 bits per heavy atom. The van der Waals surface area contributed by atoms with Crippen molar-refractivity contribution in [3.05, 3.63) is 70.8 Å². The normalized spacial score (nSPS) is 21.7. The lowest BCUT2D eigenvalue weighted by atomic mass is 9.78. The number of carbonyl (C=O) groups excluding carboxylic acids is 4. The fourth-order valence-corrected chi connectivity index (χ4v) is 4.47. The first-order valence-corrected chi connectivity index (χ1v) is 11.0. The Hall–Kier alpha value is -3.45. The summed E-state index contributed by atoms with van der Waals surface area (Å²) in [4.78, 5) is 51.4. The maximum absolute atomic E-state index is 12.9. The average Bonchev–Trinajstić information content (AvgIpc) is 3.06. The molecule has 1 aliphatic carbocycles. The molecule has 1 heterocycles. The molecule has 1 aliphatic heterocycles. The van der Waals surface area contributed by atoms with Crippen molar-refractivity contribution in [2.45, 2.75) is 20.3 Å². The van der Waals surface area contributed by atoms with E-state index in [1.165, 1.54) is 29.2 Å². The van der Waals surface area contributed by atoms with Crippen LogP contribution in [0.1, 0.15) is 29.3 Å². The molecule has 2 aliphatic rings. The van der Waals surface area contributed by atoms with E-state index in [1.807, 2.05) is 19.1 Å². The molecule has 0 unspecified atom stereocenters. The summed E-state index contributed by atoms with van der Waals surface area (Å²) >= 11 is 6.04. The molecule has 0 saturated carbocycles. The fraction of sp³-hybridized carbons (Fsp3) is 0.280. The van der Waals surface area contributed by atoms with Gasteiger partial charge in [-0.2, -0.15) is 0 Å². The monoisotopic (exact) mass is 466 g/mol. The van der Waals surface area contributed by atoms with Crippen molar-refractivity contribution in [3.8, 4) is 0 Å². The van der Waals surface area contributed by atoms with Gasteiger partial charge in [-0.3, -0.25) is 19.3 Å². The molecule has 7 nitrogen and oxygen atoms in total. The Labute approximate surface area is 196 Å². The van der Waals surface area contributed by atoms with E-state index in [-0.39, 0.29) is 35.1 Å². The molecule has 1 saturated heterocycles. The minimum absolute atomic E-state index is 0.00120. The highest BCUT2D eigenvalue weighted by molar-refractivity contribution is 6.31. The van der Waals surface area contributed by atoms with Gasteiger partial charge < -0.3 is 10.1 Å². The highest BCUT2D eigenvalue weighted by atomic mass is 35.5. The first-order chi connectivity index (χ1) is 15.8. The maximum Gasteiger partial charge on any atom is 0.338 e. The van der Waals surface area contributed by atoms with E-state index in [0.717, 1.165) is 0 Å². The van der Waals surface area contributed by atoms with Gasteiger partial charge in [-0.05, 0) is 61.2 Å². The van der Waals surface area contributed by atoms with Crippen LogP contribution in [0, 0.1) is 24.7 Å². The predicted molar refractivity (Wildman–Crippen MR) is 124 cm³/mol. The van der Waals surface area contributed by atoms with Crippen molar-refractivity contribution in [2.75, 3.05) is 16.8 Å². The Kier molecular flexibility index (Phi) is 6.33. The van der Waals surface area contributed by atoms with Gasteiger partial charge in [-0.1, -0.05) is 36.7 Å². The molecule has 0 bridgehead atoms. The number of imide groups is 1. The predicted octanol–water partition coefficient (Wildman–Crippen LogP) is 4.15. The Balaban J connectivity index is 1.38. The number of hydrogen-bond acceptors (Lipinski definition) is 5. The van der Waals surface area contributed by atoms with Crippen LogP contribution < -0.4 is 10.2 Å². The van der Waals surface area contributed by atoms with Crippen LogP contribution >= 0.6 is 11.6 Å². The number of rotatable bonds is 5. The van der Waals surface area contributed by atoms with Crippen molar-refractivity contribution in [2.24, 2.45) is 17.8 Å². The molecule has 4 rings (SSSR count). The van der Waals surface area contributed by atoms with Gasteiger partial charge in [0.2, 0.25) is 11.8 Å². The molecule has 1 fully saturated rings. The molecule has 0 spiro atoms. The molecule has 2 aromatic carbocycles. The lowest BCUT2D eigenvalue weighted by Gasteiger charge is -2.22. The quantitative estimate of drug-likeness (QED) is 0.406. The highest BCUT2D eigenvalue weighted by Crippen LogP contribution is 2.40. The second kappa shape index (κ2) is 9.19. The van der Waals surface area contributed by atoms with Crippen LogP contribution in [-0.4, -0.2) is 30.3 Å². The third-order valence-electron chi connectivity index (χ3n) is 6.11. The summed E-state index contributed by atoms with van der Waals surface area (Å²) in [7, 11) is 0. The van der Waals surface area contributed by atoms with E-state index in [4.69, 9.17) is 16.3 Å². The summed E-state index contributed by atoms with van der Waals surface area (Å²) in [5.74, 6) is -2.32. The van der Waals surface area contributed by atoms with Gasteiger partial charge in [-0.25, -0.2) is 4.79 Å². The van der Waals surface area contributed by atoms with E-state index < -0.39 is 18.5 Å². The van der Waals surface area contributed by atoms with Crippen LogP contribution in [0.5, 0.6) is 0 Å². The van der Waals surface area contributed by atoms with Crippen molar-refractivity contribution >= 4 is 46.7 Å². The Morgan fingerprint density at radius 2 is 1.85 bits per heavy atom. The zero-order valence-corrected chi connectivity index (χ0v) is 19.0. The second-order valence-corrected chi connectivity index (χ2v) is 8.66. The molecule has 170 valence electrons. The van der Waals surface area contributed by atoms with E-state index in [9.17, 15) is 19.2 Å². The molecular formula is C25H23ClN2O5. The zero-order chi connectivity index (χ0) is 23.7. The van der Waals surface area contributed by atoms with Gasteiger partial charge >= 0.3 is 5.97 Å².